The van der Waals surface area contributed by atoms with Gasteiger partial charge in [0.2, 0.25) is 5.91 Å². The lowest BCUT2D eigenvalue weighted by Gasteiger charge is -2.34. The number of carbonyl (C=O) groups excluding carboxylic acids is 1. The molecule has 31 heavy (non-hydrogen) atoms. The number of carbonyl (C=O) groups is 1. The molecule has 0 aromatic rings. The zero-order chi connectivity index (χ0) is 25.1. The number of sulfonamides is 2. The first-order valence-electron chi connectivity index (χ1n) is 8.89. The average molecular weight is 508 g/mol. The number of alkyl halides is 6. The lowest BCUT2D eigenvalue weighted by molar-refractivity contribution is -0.909. The van der Waals surface area contributed by atoms with Crippen molar-refractivity contribution in [2.45, 2.75) is 44.1 Å². The van der Waals surface area contributed by atoms with Gasteiger partial charge in [0.05, 0.1) is 26.7 Å². The van der Waals surface area contributed by atoms with Gasteiger partial charge >= 0.3 is 11.0 Å². The van der Waals surface area contributed by atoms with Crippen LogP contribution in [0.3, 0.4) is 0 Å². The summed E-state index contributed by atoms with van der Waals surface area (Å²) in [5.41, 5.74) is -12.4. The molecule has 0 rings (SSSR count). The molecule has 0 aliphatic heterocycles. The number of hydrogen-bond donors (Lipinski definition) is 1. The molecular formula is C15H27F6N3O5S2. The van der Waals surface area contributed by atoms with E-state index in [0.29, 0.717) is 0 Å². The Morgan fingerprint density at radius 3 is 1.61 bits per heavy atom. The lowest BCUT2D eigenvalue weighted by atomic mass is 10.2. The van der Waals surface area contributed by atoms with E-state index >= 15 is 0 Å². The summed E-state index contributed by atoms with van der Waals surface area (Å²) in [7, 11) is -11.1. The number of nitrogens with one attached hydrogen (secondary N) is 1. The van der Waals surface area contributed by atoms with E-state index in [1.807, 2.05) is 0 Å². The highest BCUT2D eigenvalue weighted by Crippen LogP contribution is 2.36. The van der Waals surface area contributed by atoms with Gasteiger partial charge < -0.3 is 13.9 Å². The van der Waals surface area contributed by atoms with E-state index in [9.17, 15) is 48.0 Å². The quantitative estimate of drug-likeness (QED) is 0.200. The van der Waals surface area contributed by atoms with Crippen molar-refractivity contribution < 1.29 is 52.5 Å². The molecule has 0 radical (unpaired) electrons. The number of amides is 1. The van der Waals surface area contributed by atoms with Gasteiger partial charge in [-0.1, -0.05) is 20.4 Å². The van der Waals surface area contributed by atoms with Crippen LogP contribution in [0.15, 0.2) is 12.7 Å². The van der Waals surface area contributed by atoms with Crippen molar-refractivity contribution >= 4 is 26.0 Å². The average Bonchev–Trinajstić information content (AvgIpc) is 2.56. The summed E-state index contributed by atoms with van der Waals surface area (Å²) in [6.45, 7) is 12.2. The van der Waals surface area contributed by atoms with Crippen LogP contribution in [0.5, 0.6) is 0 Å². The van der Waals surface area contributed by atoms with E-state index in [-0.39, 0.29) is 5.91 Å². The molecule has 0 bridgehead atoms. The molecule has 0 fully saturated rings. The molecule has 1 N–H and O–H groups in total. The third kappa shape index (κ3) is 12.3. The Labute approximate surface area is 178 Å². The minimum atomic E-state index is -6.72. The lowest BCUT2D eigenvalue weighted by Crippen LogP contribution is -2.46. The smallest absolute Gasteiger partial charge is 0.421 e. The maximum Gasteiger partial charge on any atom is 0.480 e. The van der Waals surface area contributed by atoms with Crippen LogP contribution in [0.1, 0.15) is 33.1 Å². The third-order valence-electron chi connectivity index (χ3n) is 3.67. The van der Waals surface area contributed by atoms with Gasteiger partial charge in [-0.05, 0) is 18.9 Å². The van der Waals surface area contributed by atoms with Gasteiger partial charge in [-0.2, -0.15) is 26.3 Å². The van der Waals surface area contributed by atoms with E-state index < -0.39 is 31.1 Å². The van der Waals surface area contributed by atoms with Crippen LogP contribution in [0.4, 0.5) is 26.3 Å². The minimum Gasteiger partial charge on any atom is -0.421 e. The number of halogens is 6. The molecule has 0 aromatic heterocycles. The first kappa shape index (κ1) is 31.8. The van der Waals surface area contributed by atoms with E-state index in [1.165, 1.54) is 32.0 Å². The SMILES string of the molecule is C=CC(=O)NCCC[N+](C)(CCC)CCC.O=S(=O)([N-]S(=O)(=O)C(F)(F)F)C(F)(F)F. The van der Waals surface area contributed by atoms with Gasteiger partial charge in [0.25, 0.3) is 0 Å². The Hall–Kier alpha value is -1.39. The zero-order valence-electron chi connectivity index (χ0n) is 17.3. The van der Waals surface area contributed by atoms with E-state index in [1.54, 1.807) is 0 Å². The highest BCUT2D eigenvalue weighted by Gasteiger charge is 2.46. The number of quaternary nitrogens is 1. The molecule has 0 heterocycles. The van der Waals surface area contributed by atoms with E-state index in [2.05, 4.69) is 32.8 Å². The Bertz CT molecular complexity index is 732. The molecule has 0 aromatic carbocycles. The van der Waals surface area contributed by atoms with Crippen molar-refractivity contribution in [2.75, 3.05) is 33.2 Å². The minimum absolute atomic E-state index is 0.0693. The maximum atomic E-state index is 11.4. The van der Waals surface area contributed by atoms with Crippen LogP contribution < -0.4 is 5.32 Å². The highest BCUT2D eigenvalue weighted by molar-refractivity contribution is 8.13. The predicted octanol–water partition coefficient (Wildman–Crippen LogP) is 3.00. The van der Waals surface area contributed by atoms with Gasteiger partial charge in [0, 0.05) is 13.0 Å². The van der Waals surface area contributed by atoms with Crippen LogP contribution in [0, 0.1) is 0 Å². The summed E-state index contributed by atoms with van der Waals surface area (Å²) in [6, 6.07) is 0. The fourth-order valence-electron chi connectivity index (χ4n) is 2.37. The van der Waals surface area contributed by atoms with Crippen molar-refractivity contribution in [1.29, 1.82) is 0 Å². The Kier molecular flexibility index (Phi) is 12.9. The number of hydrogen-bond acceptors (Lipinski definition) is 5. The Morgan fingerprint density at radius 2 is 1.32 bits per heavy atom. The van der Waals surface area contributed by atoms with Crippen molar-refractivity contribution in [1.82, 2.24) is 5.32 Å². The summed E-state index contributed by atoms with van der Waals surface area (Å²) in [4.78, 5) is 11.0. The first-order chi connectivity index (χ1) is 13.8. The van der Waals surface area contributed by atoms with Gasteiger partial charge in [0.15, 0.2) is 20.0 Å². The molecule has 0 aliphatic carbocycles. The molecule has 8 nitrogen and oxygen atoms in total. The summed E-state index contributed by atoms with van der Waals surface area (Å²) < 4.78 is 110. The normalized spacial score (nSPS) is 13.2. The van der Waals surface area contributed by atoms with Crippen molar-refractivity contribution in [3.8, 4) is 0 Å². The first-order valence-corrected chi connectivity index (χ1v) is 11.8. The molecule has 0 aliphatic rings. The Morgan fingerprint density at radius 1 is 0.935 bits per heavy atom. The standard InChI is InChI=1S/C13H26N2O.C2F6NO4S2/c1-5-10-15(4,11-6-2)12-8-9-14-13(16)7-3;3-1(4,5)14(10,11)9-15(12,13)2(6,7)8/h7H,3,5-6,8-12H2,1-2,4H3;/q;-1/p+1. The maximum absolute atomic E-state index is 11.4. The van der Waals surface area contributed by atoms with Crippen molar-refractivity contribution in [2.24, 2.45) is 0 Å². The largest absolute Gasteiger partial charge is 0.480 e. The zero-order valence-corrected chi connectivity index (χ0v) is 18.9. The number of nitrogens with zero attached hydrogens (tertiary/aromatic N) is 2. The topological polar surface area (TPSA) is 111 Å². The van der Waals surface area contributed by atoms with Crippen LogP contribution in [-0.2, 0) is 24.8 Å². The summed E-state index contributed by atoms with van der Waals surface area (Å²) in [5, 5.41) is 2.82. The molecule has 1 amide bonds. The summed E-state index contributed by atoms with van der Waals surface area (Å²) >= 11 is 0. The highest BCUT2D eigenvalue weighted by atomic mass is 32.3. The second-order valence-electron chi connectivity index (χ2n) is 6.56. The second kappa shape index (κ2) is 12.6. The van der Waals surface area contributed by atoms with Gasteiger partial charge in [0.1, 0.15) is 0 Å². The molecule has 186 valence electrons. The summed E-state index contributed by atoms with van der Waals surface area (Å²) in [5.74, 6) is -0.0693. The third-order valence-corrected chi connectivity index (χ3v) is 6.41. The molecule has 0 spiro atoms. The molecule has 0 saturated heterocycles. The van der Waals surface area contributed by atoms with Gasteiger partial charge in [-0.25, -0.2) is 16.8 Å². The van der Waals surface area contributed by atoms with Crippen LogP contribution in [-0.4, -0.2) is 71.5 Å². The molecule has 16 heteroatoms. The summed E-state index contributed by atoms with van der Waals surface area (Å²) in [6.07, 6.45) is 4.80. The van der Waals surface area contributed by atoms with E-state index in [4.69, 9.17) is 0 Å². The van der Waals surface area contributed by atoms with Crippen molar-refractivity contribution in [3.63, 3.8) is 0 Å². The monoisotopic (exact) mass is 507 g/mol. The number of rotatable bonds is 11. The van der Waals surface area contributed by atoms with Crippen LogP contribution in [0.25, 0.3) is 4.13 Å². The predicted molar refractivity (Wildman–Crippen MR) is 102 cm³/mol. The molecule has 0 saturated carbocycles. The molecule has 0 unspecified atom stereocenters. The molecule has 0 atom stereocenters. The fraction of sp³-hybridized carbons (Fsp3) is 0.800. The fourth-order valence-corrected chi connectivity index (χ4v) is 4.08. The van der Waals surface area contributed by atoms with E-state index in [0.717, 1.165) is 28.1 Å². The van der Waals surface area contributed by atoms with Crippen LogP contribution in [0.2, 0.25) is 0 Å². The van der Waals surface area contributed by atoms with Gasteiger partial charge in [-0.15, -0.1) is 0 Å². The molecular weight excluding hydrogens is 480 g/mol. The van der Waals surface area contributed by atoms with Crippen LogP contribution >= 0.6 is 0 Å². The second-order valence-corrected chi connectivity index (χ2v) is 9.98. The van der Waals surface area contributed by atoms with Crippen molar-refractivity contribution in [3.05, 3.63) is 16.8 Å². The van der Waals surface area contributed by atoms with Gasteiger partial charge in [-0.3, -0.25) is 4.79 Å². The Balaban J connectivity index is 0.